The predicted octanol–water partition coefficient (Wildman–Crippen LogP) is 2.06. The van der Waals surface area contributed by atoms with Crippen molar-refractivity contribution < 1.29 is 4.79 Å². The van der Waals surface area contributed by atoms with Gasteiger partial charge in [-0.2, -0.15) is 0 Å². The zero-order chi connectivity index (χ0) is 12.0. The number of amides is 1. The summed E-state index contributed by atoms with van der Waals surface area (Å²) in [5, 5.41) is 3.02. The van der Waals surface area contributed by atoms with Gasteiger partial charge in [-0.05, 0) is 32.1 Å². The summed E-state index contributed by atoms with van der Waals surface area (Å²) in [5.41, 5.74) is 5.67. The molecule has 16 heavy (non-hydrogen) atoms. The Hall–Kier alpha value is -0.570. The monoisotopic (exact) mass is 226 g/mol. The Kier molecular flexibility index (Phi) is 5.81. The highest BCUT2D eigenvalue weighted by Gasteiger charge is 2.21. The summed E-state index contributed by atoms with van der Waals surface area (Å²) in [6, 6.07) is 0.255. The first kappa shape index (κ1) is 13.5. The van der Waals surface area contributed by atoms with E-state index in [0.29, 0.717) is 0 Å². The molecular formula is C13H26N2O. The van der Waals surface area contributed by atoms with Crippen LogP contribution in [0.3, 0.4) is 0 Å². The lowest BCUT2D eigenvalue weighted by Gasteiger charge is -2.12. The highest BCUT2D eigenvalue weighted by atomic mass is 16.1. The van der Waals surface area contributed by atoms with Gasteiger partial charge in [-0.3, -0.25) is 4.79 Å². The quantitative estimate of drug-likeness (QED) is 0.665. The van der Waals surface area contributed by atoms with Gasteiger partial charge in [0, 0.05) is 18.5 Å². The number of nitrogens with one attached hydrogen (secondary N) is 1. The van der Waals surface area contributed by atoms with E-state index in [4.69, 9.17) is 5.73 Å². The summed E-state index contributed by atoms with van der Waals surface area (Å²) in [5.74, 6) is 1.25. The normalized spacial score (nSPS) is 19.2. The van der Waals surface area contributed by atoms with E-state index in [1.165, 1.54) is 12.8 Å². The first-order chi connectivity index (χ1) is 7.59. The Balaban J connectivity index is 1.99. The average Bonchev–Trinajstić information content (AvgIpc) is 3.00. The van der Waals surface area contributed by atoms with Gasteiger partial charge in [0.15, 0.2) is 0 Å². The number of rotatable bonds is 8. The van der Waals surface area contributed by atoms with Gasteiger partial charge in [-0.25, -0.2) is 0 Å². The fourth-order valence-corrected chi connectivity index (χ4v) is 1.86. The van der Waals surface area contributed by atoms with Crippen molar-refractivity contribution in [1.82, 2.24) is 5.32 Å². The maximum Gasteiger partial charge on any atom is 0.222 e. The lowest BCUT2D eigenvalue weighted by molar-refractivity contribution is -0.124. The maximum absolute atomic E-state index is 11.7. The van der Waals surface area contributed by atoms with Crippen LogP contribution in [0.5, 0.6) is 0 Å². The second-order valence-corrected chi connectivity index (χ2v) is 5.33. The van der Waals surface area contributed by atoms with Crippen LogP contribution in [0.15, 0.2) is 0 Å². The molecule has 0 heterocycles. The molecule has 0 aromatic rings. The third-order valence-electron chi connectivity index (χ3n) is 3.29. The van der Waals surface area contributed by atoms with Gasteiger partial charge < -0.3 is 11.1 Å². The molecule has 94 valence electrons. The molecule has 3 heteroatoms. The van der Waals surface area contributed by atoms with Crippen LogP contribution in [-0.2, 0) is 4.79 Å². The van der Waals surface area contributed by atoms with Crippen molar-refractivity contribution in [2.75, 3.05) is 6.54 Å². The standard InChI is InChI=1S/C13H26N2O/c1-10(4-3-5-11(2)14)13(16)15-9-8-12-6-7-12/h10-12H,3-9,14H2,1-2H3,(H,15,16). The fraction of sp³-hybridized carbons (Fsp3) is 0.923. The molecule has 1 saturated carbocycles. The average molecular weight is 226 g/mol. The number of nitrogens with two attached hydrogens (primary N) is 1. The smallest absolute Gasteiger partial charge is 0.222 e. The summed E-state index contributed by atoms with van der Waals surface area (Å²) in [4.78, 5) is 11.7. The molecule has 1 amide bonds. The maximum atomic E-state index is 11.7. The van der Waals surface area contributed by atoms with Crippen molar-refractivity contribution in [3.63, 3.8) is 0 Å². The Morgan fingerprint density at radius 3 is 2.62 bits per heavy atom. The van der Waals surface area contributed by atoms with Gasteiger partial charge in [0.05, 0.1) is 0 Å². The van der Waals surface area contributed by atoms with E-state index < -0.39 is 0 Å². The van der Waals surface area contributed by atoms with Crippen molar-refractivity contribution in [3.05, 3.63) is 0 Å². The van der Waals surface area contributed by atoms with Crippen molar-refractivity contribution in [1.29, 1.82) is 0 Å². The van der Waals surface area contributed by atoms with Crippen LogP contribution in [0.2, 0.25) is 0 Å². The van der Waals surface area contributed by atoms with E-state index in [0.717, 1.165) is 38.1 Å². The Bertz CT molecular complexity index is 212. The third kappa shape index (κ3) is 6.11. The first-order valence-electron chi connectivity index (χ1n) is 6.63. The Labute approximate surface area is 99.2 Å². The molecule has 0 bridgehead atoms. The van der Waals surface area contributed by atoms with E-state index in [9.17, 15) is 4.79 Å². The van der Waals surface area contributed by atoms with Crippen LogP contribution >= 0.6 is 0 Å². The lowest BCUT2D eigenvalue weighted by Crippen LogP contribution is -2.30. The van der Waals surface area contributed by atoms with Gasteiger partial charge in [-0.15, -0.1) is 0 Å². The van der Waals surface area contributed by atoms with E-state index in [-0.39, 0.29) is 17.9 Å². The minimum Gasteiger partial charge on any atom is -0.356 e. The third-order valence-corrected chi connectivity index (χ3v) is 3.29. The minimum absolute atomic E-state index is 0.137. The molecule has 2 unspecified atom stereocenters. The molecule has 1 fully saturated rings. The molecule has 1 aliphatic carbocycles. The number of carbonyl (C=O) groups excluding carboxylic acids is 1. The van der Waals surface area contributed by atoms with E-state index in [1.54, 1.807) is 0 Å². The molecule has 0 aromatic heterocycles. The SMILES string of the molecule is CC(N)CCCC(C)C(=O)NCCC1CC1. The van der Waals surface area contributed by atoms with Crippen LogP contribution in [0.1, 0.15) is 52.4 Å². The van der Waals surface area contributed by atoms with Gasteiger partial charge in [-0.1, -0.05) is 26.2 Å². The second kappa shape index (κ2) is 6.89. The van der Waals surface area contributed by atoms with E-state index in [1.807, 2.05) is 13.8 Å². The topological polar surface area (TPSA) is 55.1 Å². The fourth-order valence-electron chi connectivity index (χ4n) is 1.86. The number of hydrogen-bond acceptors (Lipinski definition) is 2. The molecular weight excluding hydrogens is 200 g/mol. The number of hydrogen-bond donors (Lipinski definition) is 2. The molecule has 0 spiro atoms. The summed E-state index contributed by atoms with van der Waals surface area (Å²) >= 11 is 0. The van der Waals surface area contributed by atoms with Gasteiger partial charge in [0.2, 0.25) is 5.91 Å². The van der Waals surface area contributed by atoms with Gasteiger partial charge in [0.25, 0.3) is 0 Å². The first-order valence-corrected chi connectivity index (χ1v) is 6.63. The zero-order valence-electron chi connectivity index (χ0n) is 10.7. The van der Waals surface area contributed by atoms with Crippen molar-refractivity contribution in [2.45, 2.75) is 58.4 Å². The minimum atomic E-state index is 0.137. The molecule has 2 atom stereocenters. The zero-order valence-corrected chi connectivity index (χ0v) is 10.7. The van der Waals surface area contributed by atoms with Crippen LogP contribution in [0.4, 0.5) is 0 Å². The largest absolute Gasteiger partial charge is 0.356 e. The Morgan fingerprint density at radius 2 is 2.06 bits per heavy atom. The van der Waals surface area contributed by atoms with Crippen LogP contribution < -0.4 is 11.1 Å². The summed E-state index contributed by atoms with van der Waals surface area (Å²) in [7, 11) is 0. The van der Waals surface area contributed by atoms with Crippen LogP contribution in [0.25, 0.3) is 0 Å². The summed E-state index contributed by atoms with van der Waals surface area (Å²) in [6.07, 6.45) is 6.91. The molecule has 3 nitrogen and oxygen atoms in total. The Morgan fingerprint density at radius 1 is 1.38 bits per heavy atom. The van der Waals surface area contributed by atoms with Gasteiger partial charge >= 0.3 is 0 Å². The highest BCUT2D eigenvalue weighted by Crippen LogP contribution is 2.31. The lowest BCUT2D eigenvalue weighted by atomic mass is 10.0. The van der Waals surface area contributed by atoms with Crippen LogP contribution in [0, 0.1) is 11.8 Å². The van der Waals surface area contributed by atoms with Gasteiger partial charge in [0.1, 0.15) is 0 Å². The van der Waals surface area contributed by atoms with Crippen molar-refractivity contribution >= 4 is 5.91 Å². The predicted molar refractivity (Wildman–Crippen MR) is 67.0 cm³/mol. The molecule has 0 aliphatic heterocycles. The molecule has 1 rings (SSSR count). The highest BCUT2D eigenvalue weighted by molar-refractivity contribution is 5.78. The summed E-state index contributed by atoms with van der Waals surface area (Å²) in [6.45, 7) is 4.88. The number of carbonyl (C=O) groups is 1. The van der Waals surface area contributed by atoms with E-state index >= 15 is 0 Å². The van der Waals surface area contributed by atoms with E-state index in [2.05, 4.69) is 5.32 Å². The molecule has 0 saturated heterocycles. The van der Waals surface area contributed by atoms with Crippen LogP contribution in [-0.4, -0.2) is 18.5 Å². The second-order valence-electron chi connectivity index (χ2n) is 5.33. The summed E-state index contributed by atoms with van der Waals surface area (Å²) < 4.78 is 0. The molecule has 0 aromatic carbocycles. The molecule has 3 N–H and O–H groups in total. The molecule has 0 radical (unpaired) electrons. The molecule has 1 aliphatic rings. The van der Waals surface area contributed by atoms with Crippen molar-refractivity contribution in [3.8, 4) is 0 Å². The van der Waals surface area contributed by atoms with Crippen molar-refractivity contribution in [2.24, 2.45) is 17.6 Å².